The second kappa shape index (κ2) is 7.23. The minimum Gasteiger partial charge on any atom is -0.469 e. The molecular weight excluding hydrogens is 360 g/mol. The molecule has 0 saturated carbocycles. The highest BCUT2D eigenvalue weighted by Crippen LogP contribution is 2.30. The minimum absolute atomic E-state index is 0.335. The molecule has 3 heteroatoms. The normalized spacial score (nSPS) is 14.8. The lowest BCUT2D eigenvalue weighted by atomic mass is 9.94. The van der Waals surface area contributed by atoms with E-state index in [0.717, 1.165) is 12.2 Å². The molecule has 2 aliphatic rings. The summed E-state index contributed by atoms with van der Waals surface area (Å²) in [5.74, 6) is 0.918. The molecule has 2 aliphatic carbocycles. The average molecular weight is 389 g/mol. The molecule has 28 heavy (non-hydrogen) atoms. The largest absolute Gasteiger partial charge is 0.469 e. The summed E-state index contributed by atoms with van der Waals surface area (Å²) in [7, 11) is -1.57. The smallest absolute Gasteiger partial charge is 0.188 e. The van der Waals surface area contributed by atoms with Crippen molar-refractivity contribution in [1.29, 1.82) is 0 Å². The van der Waals surface area contributed by atoms with Crippen LogP contribution >= 0.6 is 0 Å². The number of ether oxygens (including phenoxy) is 1. The summed E-state index contributed by atoms with van der Waals surface area (Å²) in [6.07, 6.45) is 7.58. The van der Waals surface area contributed by atoms with Crippen molar-refractivity contribution >= 4 is 25.5 Å². The van der Waals surface area contributed by atoms with Crippen molar-refractivity contribution < 1.29 is 9.16 Å². The maximum Gasteiger partial charge on any atom is 0.188 e. The van der Waals surface area contributed by atoms with Crippen LogP contribution in [0.4, 0.5) is 0 Å². The number of hydrogen-bond donors (Lipinski definition) is 0. The fourth-order valence-corrected chi connectivity index (χ4v) is 4.25. The molecule has 0 fully saturated rings. The summed E-state index contributed by atoms with van der Waals surface area (Å²) in [6.45, 7) is 11.2. The standard InChI is InChI=1S/C25H28O2Si/c1-17(2)21-12-13-23-22-9-7-6-8-18(22)15-24(23)25(21)19-10-11-20(14-19)26-16-27-28(3,4)5/h6-9,11-15H,10,16H2,1-5H3. The number of rotatable bonds is 5. The molecule has 0 N–H and O–H groups in total. The number of allylic oxidation sites excluding steroid dienone is 3. The lowest BCUT2D eigenvalue weighted by Gasteiger charge is -2.17. The Balaban J connectivity index is 1.76. The Labute approximate surface area is 168 Å². The molecule has 0 radical (unpaired) electrons. The lowest BCUT2D eigenvalue weighted by molar-refractivity contribution is 0.0619. The summed E-state index contributed by atoms with van der Waals surface area (Å²) >= 11 is 0. The zero-order valence-electron chi connectivity index (χ0n) is 17.4. The zero-order valence-corrected chi connectivity index (χ0v) is 18.4. The highest BCUT2D eigenvalue weighted by molar-refractivity contribution is 6.69. The van der Waals surface area contributed by atoms with Gasteiger partial charge in [-0.3, -0.25) is 0 Å². The molecule has 0 saturated heterocycles. The molecule has 0 spiro atoms. The predicted octanol–water partition coefficient (Wildman–Crippen LogP) is 4.80. The van der Waals surface area contributed by atoms with E-state index < -0.39 is 8.32 Å². The Morgan fingerprint density at radius 2 is 1.75 bits per heavy atom. The quantitative estimate of drug-likeness (QED) is 0.462. The van der Waals surface area contributed by atoms with E-state index in [1.807, 2.05) is 0 Å². The van der Waals surface area contributed by atoms with Crippen LogP contribution in [0.5, 0.6) is 0 Å². The van der Waals surface area contributed by atoms with E-state index in [1.54, 1.807) is 0 Å². The summed E-state index contributed by atoms with van der Waals surface area (Å²) in [4.78, 5) is 0. The van der Waals surface area contributed by atoms with Gasteiger partial charge in [-0.15, -0.1) is 0 Å². The first-order chi connectivity index (χ1) is 13.3. The van der Waals surface area contributed by atoms with E-state index in [1.165, 1.54) is 43.1 Å². The van der Waals surface area contributed by atoms with Crippen LogP contribution in [0, 0.1) is 10.4 Å². The van der Waals surface area contributed by atoms with E-state index in [2.05, 4.69) is 88.1 Å². The molecule has 0 aromatic heterocycles. The molecule has 0 aliphatic heterocycles. The maximum atomic E-state index is 5.89. The monoisotopic (exact) mass is 388 g/mol. The first kappa shape index (κ1) is 19.0. The number of benzene rings is 2. The Hall–Kier alpha value is -2.36. The molecule has 0 bridgehead atoms. The van der Waals surface area contributed by atoms with Crippen LogP contribution < -0.4 is 10.4 Å². The van der Waals surface area contributed by atoms with Crippen molar-refractivity contribution in [3.63, 3.8) is 0 Å². The van der Waals surface area contributed by atoms with Gasteiger partial charge in [0.05, 0.1) is 0 Å². The van der Waals surface area contributed by atoms with Gasteiger partial charge in [0.2, 0.25) is 0 Å². The van der Waals surface area contributed by atoms with Crippen LogP contribution in [-0.2, 0) is 9.16 Å². The molecule has 144 valence electrons. The van der Waals surface area contributed by atoms with Crippen molar-refractivity contribution in [3.05, 3.63) is 86.3 Å². The van der Waals surface area contributed by atoms with Crippen LogP contribution in [0.2, 0.25) is 19.6 Å². The van der Waals surface area contributed by atoms with E-state index in [4.69, 9.17) is 9.16 Å². The fraction of sp³-hybridized carbons (Fsp3) is 0.280. The maximum absolute atomic E-state index is 5.89. The molecule has 2 aromatic rings. The van der Waals surface area contributed by atoms with Gasteiger partial charge in [0, 0.05) is 0 Å². The van der Waals surface area contributed by atoms with E-state index in [9.17, 15) is 0 Å². The van der Waals surface area contributed by atoms with Gasteiger partial charge in [0.15, 0.2) is 15.1 Å². The van der Waals surface area contributed by atoms with E-state index in [-0.39, 0.29) is 0 Å². The summed E-state index contributed by atoms with van der Waals surface area (Å²) < 4.78 is 11.7. The van der Waals surface area contributed by atoms with Crippen LogP contribution in [0.1, 0.15) is 31.4 Å². The molecule has 4 rings (SSSR count). The van der Waals surface area contributed by atoms with Gasteiger partial charge in [0.1, 0.15) is 5.76 Å². The van der Waals surface area contributed by atoms with Crippen LogP contribution in [0.25, 0.3) is 17.2 Å². The Bertz CT molecular complexity index is 1210. The van der Waals surface area contributed by atoms with E-state index >= 15 is 0 Å². The third-order valence-corrected chi connectivity index (χ3v) is 6.20. The lowest BCUT2D eigenvalue weighted by Crippen LogP contribution is -2.26. The second-order valence-corrected chi connectivity index (χ2v) is 13.2. The van der Waals surface area contributed by atoms with Crippen molar-refractivity contribution in [1.82, 2.24) is 0 Å². The zero-order chi connectivity index (χ0) is 19.9. The van der Waals surface area contributed by atoms with Gasteiger partial charge in [-0.25, -0.2) is 0 Å². The highest BCUT2D eigenvalue weighted by Gasteiger charge is 2.18. The topological polar surface area (TPSA) is 18.5 Å². The van der Waals surface area contributed by atoms with Gasteiger partial charge in [-0.1, -0.05) is 42.0 Å². The molecular formula is C25H28O2Si. The van der Waals surface area contributed by atoms with Crippen LogP contribution in [0.3, 0.4) is 0 Å². The van der Waals surface area contributed by atoms with E-state index in [0.29, 0.717) is 6.79 Å². The minimum atomic E-state index is -1.57. The number of hydrogen-bond acceptors (Lipinski definition) is 2. The Morgan fingerprint density at radius 1 is 0.964 bits per heavy atom. The first-order valence-electron chi connectivity index (χ1n) is 9.93. The van der Waals surface area contributed by atoms with Gasteiger partial charge in [-0.05, 0) is 95.7 Å². The number of fused-ring (bicyclic) bond motifs is 2. The molecule has 0 amide bonds. The summed E-state index contributed by atoms with van der Waals surface area (Å²) in [6, 6.07) is 13.2. The summed E-state index contributed by atoms with van der Waals surface area (Å²) in [5.41, 5.74) is 5.33. The molecule has 0 atom stereocenters. The van der Waals surface area contributed by atoms with Crippen molar-refractivity contribution in [2.45, 2.75) is 39.9 Å². The third kappa shape index (κ3) is 3.65. The molecule has 0 heterocycles. The Morgan fingerprint density at radius 3 is 2.50 bits per heavy atom. The molecule has 2 aromatic carbocycles. The Kier molecular flexibility index (Phi) is 4.90. The van der Waals surface area contributed by atoms with Crippen LogP contribution in [0.15, 0.2) is 54.3 Å². The molecule has 2 nitrogen and oxygen atoms in total. The summed E-state index contributed by atoms with van der Waals surface area (Å²) in [5, 5.41) is 5.27. The SMILES string of the molecule is CC(C)=c1ccc2c(c1C1=CC(OCO[Si](C)(C)C)=CC1)C=c1ccccc1=2. The van der Waals surface area contributed by atoms with Crippen molar-refractivity contribution in [2.75, 3.05) is 6.79 Å². The van der Waals surface area contributed by atoms with Gasteiger partial charge < -0.3 is 9.16 Å². The van der Waals surface area contributed by atoms with Gasteiger partial charge in [0.25, 0.3) is 0 Å². The first-order valence-corrected chi connectivity index (χ1v) is 13.3. The second-order valence-electron chi connectivity index (χ2n) is 8.68. The van der Waals surface area contributed by atoms with Crippen LogP contribution in [-0.4, -0.2) is 15.1 Å². The fourth-order valence-electron chi connectivity index (χ4n) is 3.84. The highest BCUT2D eigenvalue weighted by atomic mass is 28.4. The van der Waals surface area contributed by atoms with Gasteiger partial charge in [-0.2, -0.15) is 0 Å². The van der Waals surface area contributed by atoms with Crippen molar-refractivity contribution in [3.8, 4) is 0 Å². The van der Waals surface area contributed by atoms with Crippen molar-refractivity contribution in [2.24, 2.45) is 0 Å². The molecule has 0 unspecified atom stereocenters. The third-order valence-electron chi connectivity index (χ3n) is 5.21. The average Bonchev–Trinajstić information content (AvgIpc) is 3.24. The predicted molar refractivity (Wildman–Crippen MR) is 119 cm³/mol. The van der Waals surface area contributed by atoms with Gasteiger partial charge >= 0.3 is 0 Å².